The van der Waals surface area contributed by atoms with Crippen molar-refractivity contribution in [3.63, 3.8) is 0 Å². The fourth-order valence-corrected chi connectivity index (χ4v) is 7.90. The topological polar surface area (TPSA) is 107 Å². The summed E-state index contributed by atoms with van der Waals surface area (Å²) in [5.74, 6) is -3.80. The molecule has 2 heterocycles. The fourth-order valence-electron chi connectivity index (χ4n) is 7.90. The number of hydrogen-bond donors (Lipinski definition) is 4. The number of aliphatic hydroxyl groups excluding tert-OH is 3. The van der Waals surface area contributed by atoms with Gasteiger partial charge in [0, 0.05) is 17.3 Å². The van der Waals surface area contributed by atoms with Crippen molar-refractivity contribution in [3.05, 3.63) is 12.2 Å². The molecule has 0 aromatic heterocycles. The minimum atomic E-state index is -2.15. The van der Waals surface area contributed by atoms with E-state index in [-0.39, 0.29) is 12.0 Å². The van der Waals surface area contributed by atoms with Crippen molar-refractivity contribution in [2.45, 2.75) is 63.6 Å². The highest BCUT2D eigenvalue weighted by Gasteiger charge is 2.86. The van der Waals surface area contributed by atoms with Gasteiger partial charge in [0.25, 0.3) is 0 Å². The average Bonchev–Trinajstić information content (AvgIpc) is 2.69. The van der Waals surface area contributed by atoms with Crippen LogP contribution in [-0.4, -0.2) is 56.9 Å². The lowest BCUT2D eigenvalue weighted by Gasteiger charge is -2.74. The summed E-state index contributed by atoms with van der Waals surface area (Å²) in [7, 11) is 0. The van der Waals surface area contributed by atoms with Crippen LogP contribution in [0.5, 0.6) is 0 Å². The standard InChI is InChI=1S/C20H28O6/c1-9-10-4-5-11-18-8-26-20(25,19(11,14(9)22)15(10)23)16(24)13(18)17(2,3)7-6-12(18)21/h10-13,15-16,21,23-25H,1,4-8H2,2-3H3/t10-,11+,12+,13-,15+,16+,18?,19-,20?/m1/s1. The Kier molecular flexibility index (Phi) is 3.07. The summed E-state index contributed by atoms with van der Waals surface area (Å²) in [5.41, 5.74) is -2.49. The predicted octanol–water partition coefficient (Wildman–Crippen LogP) is 0.376. The Labute approximate surface area is 152 Å². The first-order valence-electron chi connectivity index (χ1n) is 9.71. The normalized spacial score (nSPS) is 59.9. The number of hydrogen-bond acceptors (Lipinski definition) is 6. The van der Waals surface area contributed by atoms with Crippen molar-refractivity contribution in [2.75, 3.05) is 6.61 Å². The van der Waals surface area contributed by atoms with Gasteiger partial charge < -0.3 is 25.2 Å². The molecule has 6 aliphatic rings. The minimum Gasteiger partial charge on any atom is -0.392 e. The number of fused-ring (bicyclic) bond motifs is 2. The van der Waals surface area contributed by atoms with Crippen LogP contribution in [0.4, 0.5) is 0 Å². The molecule has 4 aliphatic carbocycles. The van der Waals surface area contributed by atoms with E-state index < -0.39 is 58.5 Å². The molecule has 4 bridgehead atoms. The van der Waals surface area contributed by atoms with Gasteiger partial charge in [0.1, 0.15) is 11.5 Å². The maximum absolute atomic E-state index is 13.3. The molecule has 2 unspecified atom stereocenters. The molecule has 26 heavy (non-hydrogen) atoms. The Morgan fingerprint density at radius 3 is 2.50 bits per heavy atom. The van der Waals surface area contributed by atoms with Gasteiger partial charge in [-0.3, -0.25) is 4.79 Å². The van der Waals surface area contributed by atoms with Crippen LogP contribution in [0, 0.1) is 34.0 Å². The third kappa shape index (κ3) is 1.41. The van der Waals surface area contributed by atoms with Gasteiger partial charge >= 0.3 is 0 Å². The van der Waals surface area contributed by atoms with E-state index in [1.54, 1.807) is 0 Å². The Hall–Kier alpha value is -0.790. The summed E-state index contributed by atoms with van der Waals surface area (Å²) in [6, 6.07) is 0. The number of rotatable bonds is 0. The number of Topliss-reactive ketones (excluding diaryl/α,β-unsaturated/α-hetero) is 1. The highest BCUT2D eigenvalue weighted by molar-refractivity contribution is 6.05. The highest BCUT2D eigenvalue weighted by Crippen LogP contribution is 2.76. The van der Waals surface area contributed by atoms with Gasteiger partial charge in [-0.2, -0.15) is 0 Å². The molecule has 0 aromatic carbocycles. The number of aliphatic hydroxyl groups is 4. The van der Waals surface area contributed by atoms with Crippen LogP contribution in [0.2, 0.25) is 0 Å². The maximum atomic E-state index is 13.3. The molecule has 4 N–H and O–H groups in total. The van der Waals surface area contributed by atoms with E-state index >= 15 is 0 Å². The van der Waals surface area contributed by atoms with Crippen LogP contribution in [0.1, 0.15) is 39.5 Å². The summed E-state index contributed by atoms with van der Waals surface area (Å²) in [4.78, 5) is 13.3. The Morgan fingerprint density at radius 1 is 1.12 bits per heavy atom. The summed E-state index contributed by atoms with van der Waals surface area (Å²) in [6.45, 7) is 8.07. The number of carbonyl (C=O) groups is 1. The molecule has 6 rings (SSSR count). The van der Waals surface area contributed by atoms with Crippen LogP contribution < -0.4 is 0 Å². The Balaban J connectivity index is 1.81. The molecule has 2 aliphatic heterocycles. The Bertz CT molecular complexity index is 717. The van der Waals surface area contributed by atoms with Crippen LogP contribution in [-0.2, 0) is 9.53 Å². The third-order valence-electron chi connectivity index (χ3n) is 8.88. The van der Waals surface area contributed by atoms with E-state index in [4.69, 9.17) is 4.74 Å². The average molecular weight is 364 g/mol. The number of ketones is 1. The lowest BCUT2D eigenvalue weighted by atomic mass is 9.35. The van der Waals surface area contributed by atoms with Crippen molar-refractivity contribution in [1.82, 2.24) is 0 Å². The van der Waals surface area contributed by atoms with E-state index in [9.17, 15) is 25.2 Å². The second-order valence-electron chi connectivity index (χ2n) is 9.97. The van der Waals surface area contributed by atoms with Crippen molar-refractivity contribution in [2.24, 2.45) is 34.0 Å². The first kappa shape index (κ1) is 17.3. The minimum absolute atomic E-state index is 0.0966. The summed E-state index contributed by atoms with van der Waals surface area (Å²) in [6.07, 6.45) is -0.747. The van der Waals surface area contributed by atoms with Gasteiger partial charge in [0.15, 0.2) is 5.78 Å². The van der Waals surface area contributed by atoms with E-state index in [0.717, 1.165) is 6.42 Å². The van der Waals surface area contributed by atoms with Crippen molar-refractivity contribution in [1.29, 1.82) is 0 Å². The smallest absolute Gasteiger partial charge is 0.208 e. The SMILES string of the molecule is C=C1C(=O)[C@@]23[C@@H](O)[C@@H]1CC[C@H]2C12COC3(O)[C@@H](O)[C@@H]1C(C)(C)CC[C@@H]2O. The van der Waals surface area contributed by atoms with Gasteiger partial charge in [-0.05, 0) is 42.6 Å². The van der Waals surface area contributed by atoms with E-state index in [1.165, 1.54) is 0 Å². The zero-order valence-corrected chi connectivity index (χ0v) is 15.3. The largest absolute Gasteiger partial charge is 0.392 e. The molecular weight excluding hydrogens is 336 g/mol. The van der Waals surface area contributed by atoms with Crippen LogP contribution in [0.3, 0.4) is 0 Å². The molecule has 9 atom stereocenters. The van der Waals surface area contributed by atoms with Crippen molar-refractivity contribution >= 4 is 5.78 Å². The molecule has 0 amide bonds. The van der Waals surface area contributed by atoms with Gasteiger partial charge in [-0.15, -0.1) is 0 Å². The molecule has 2 saturated heterocycles. The van der Waals surface area contributed by atoms with Crippen LogP contribution in [0.25, 0.3) is 0 Å². The van der Waals surface area contributed by atoms with Gasteiger partial charge in [-0.25, -0.2) is 0 Å². The van der Waals surface area contributed by atoms with E-state index in [2.05, 4.69) is 6.58 Å². The lowest BCUT2D eigenvalue weighted by Crippen LogP contribution is -2.85. The van der Waals surface area contributed by atoms with Crippen molar-refractivity contribution in [3.8, 4) is 0 Å². The zero-order valence-electron chi connectivity index (χ0n) is 15.3. The molecule has 6 heteroatoms. The third-order valence-corrected chi connectivity index (χ3v) is 8.88. The summed E-state index contributed by atoms with van der Waals surface area (Å²) < 4.78 is 5.80. The monoisotopic (exact) mass is 364 g/mol. The van der Waals surface area contributed by atoms with Gasteiger partial charge in [-0.1, -0.05) is 20.4 Å². The zero-order chi connectivity index (χ0) is 18.9. The van der Waals surface area contributed by atoms with Crippen molar-refractivity contribution < 1.29 is 30.0 Å². The summed E-state index contributed by atoms with van der Waals surface area (Å²) >= 11 is 0. The first-order chi connectivity index (χ1) is 12.1. The number of ether oxygens (including phenoxy) is 1. The maximum Gasteiger partial charge on any atom is 0.208 e. The molecular formula is C20H28O6. The number of carbonyl (C=O) groups excluding carboxylic acids is 1. The quantitative estimate of drug-likeness (QED) is 0.463. The van der Waals surface area contributed by atoms with Crippen LogP contribution in [0.15, 0.2) is 12.2 Å². The molecule has 4 saturated carbocycles. The molecule has 0 aromatic rings. The van der Waals surface area contributed by atoms with Crippen LogP contribution >= 0.6 is 0 Å². The molecule has 6 nitrogen and oxygen atoms in total. The van der Waals surface area contributed by atoms with E-state index in [1.807, 2.05) is 13.8 Å². The van der Waals surface area contributed by atoms with Gasteiger partial charge in [0.2, 0.25) is 5.79 Å². The molecule has 2 spiro atoms. The predicted molar refractivity (Wildman–Crippen MR) is 90.7 cm³/mol. The molecule has 6 fully saturated rings. The molecule has 0 radical (unpaired) electrons. The second kappa shape index (κ2) is 4.61. The molecule has 144 valence electrons. The van der Waals surface area contributed by atoms with Gasteiger partial charge in [0.05, 0.1) is 18.8 Å². The fraction of sp³-hybridized carbons (Fsp3) is 0.850. The highest BCUT2D eigenvalue weighted by atomic mass is 16.6. The Morgan fingerprint density at radius 2 is 1.81 bits per heavy atom. The first-order valence-corrected chi connectivity index (χ1v) is 9.71. The lowest BCUT2D eigenvalue weighted by molar-refractivity contribution is -0.458. The summed E-state index contributed by atoms with van der Waals surface area (Å²) in [5, 5.41) is 45.1. The van der Waals surface area contributed by atoms with E-state index in [0.29, 0.717) is 24.8 Å². The second-order valence-corrected chi connectivity index (χ2v) is 9.97.